The van der Waals surface area contributed by atoms with E-state index >= 15 is 0 Å². The molecule has 3 aromatic carbocycles. The molecule has 0 N–H and O–H groups in total. The van der Waals surface area contributed by atoms with Crippen LogP contribution in [0.3, 0.4) is 0 Å². The predicted octanol–water partition coefficient (Wildman–Crippen LogP) is 8.44. The summed E-state index contributed by atoms with van der Waals surface area (Å²) in [5.74, 6) is 0.545. The SMILES string of the molecule is CC(C)c1ccc(/C=C/c2cc(-c3ccc(C(C)(C)C)cc3)[n+](C)cc2-c2ccccc2)cc1. The van der Waals surface area contributed by atoms with Crippen LogP contribution in [-0.4, -0.2) is 0 Å². The van der Waals surface area contributed by atoms with Crippen molar-refractivity contribution >= 4 is 12.2 Å². The Morgan fingerprint density at radius 2 is 1.38 bits per heavy atom. The first kappa shape index (κ1) is 23.7. The Labute approximate surface area is 205 Å². The van der Waals surface area contributed by atoms with Crippen LogP contribution in [0, 0.1) is 0 Å². The van der Waals surface area contributed by atoms with Crippen LogP contribution in [0.2, 0.25) is 0 Å². The van der Waals surface area contributed by atoms with Gasteiger partial charge in [-0.1, -0.05) is 114 Å². The third kappa shape index (κ3) is 5.37. The Morgan fingerprint density at radius 3 is 1.97 bits per heavy atom. The van der Waals surface area contributed by atoms with E-state index < -0.39 is 0 Å². The molecule has 172 valence electrons. The van der Waals surface area contributed by atoms with Crippen LogP contribution in [0.1, 0.15) is 62.8 Å². The molecule has 0 aliphatic rings. The molecular formula is C33H36N+. The fourth-order valence-electron chi connectivity index (χ4n) is 4.27. The van der Waals surface area contributed by atoms with Crippen molar-refractivity contribution in [1.82, 2.24) is 0 Å². The minimum atomic E-state index is 0.150. The molecule has 4 aromatic rings. The van der Waals surface area contributed by atoms with E-state index in [0.717, 1.165) is 0 Å². The second kappa shape index (κ2) is 9.81. The normalized spacial score (nSPS) is 12.0. The molecule has 1 heteroatoms. The fourth-order valence-corrected chi connectivity index (χ4v) is 4.27. The lowest BCUT2D eigenvalue weighted by molar-refractivity contribution is -0.659. The quantitative estimate of drug-likeness (QED) is 0.271. The summed E-state index contributed by atoms with van der Waals surface area (Å²) in [6.45, 7) is 11.2. The van der Waals surface area contributed by atoms with Crippen LogP contribution < -0.4 is 4.57 Å². The molecule has 0 spiro atoms. The average Bonchev–Trinajstić information content (AvgIpc) is 2.83. The van der Waals surface area contributed by atoms with Crippen molar-refractivity contribution in [2.24, 2.45) is 7.05 Å². The van der Waals surface area contributed by atoms with Gasteiger partial charge in [0.05, 0.1) is 5.56 Å². The number of aromatic nitrogens is 1. The van der Waals surface area contributed by atoms with Gasteiger partial charge in [0.2, 0.25) is 5.69 Å². The standard InChI is InChI=1S/C33H36N/c1-24(2)26-15-12-25(13-16-26)14-17-29-22-32(28-18-20-30(21-19-28)33(3,4)5)34(6)23-31(29)27-10-8-7-9-11-27/h7-24H,1-6H3/q+1/b17-14+. The molecule has 1 aromatic heterocycles. The zero-order valence-electron chi connectivity index (χ0n) is 21.3. The highest BCUT2D eigenvalue weighted by Crippen LogP contribution is 2.29. The highest BCUT2D eigenvalue weighted by molar-refractivity contribution is 5.81. The maximum absolute atomic E-state index is 2.31. The Kier molecular flexibility index (Phi) is 6.84. The van der Waals surface area contributed by atoms with Gasteiger partial charge in [0.25, 0.3) is 0 Å². The summed E-state index contributed by atoms with van der Waals surface area (Å²) >= 11 is 0. The first-order valence-corrected chi connectivity index (χ1v) is 12.2. The van der Waals surface area contributed by atoms with Gasteiger partial charge in [-0.05, 0) is 51.3 Å². The maximum atomic E-state index is 2.31. The number of rotatable bonds is 5. The van der Waals surface area contributed by atoms with E-state index in [0.29, 0.717) is 5.92 Å². The topological polar surface area (TPSA) is 3.88 Å². The lowest BCUT2D eigenvalue weighted by Crippen LogP contribution is -2.31. The van der Waals surface area contributed by atoms with Crippen molar-refractivity contribution in [3.63, 3.8) is 0 Å². The fraction of sp³-hybridized carbons (Fsp3) is 0.242. The van der Waals surface area contributed by atoms with E-state index in [9.17, 15) is 0 Å². The van der Waals surface area contributed by atoms with Gasteiger partial charge in [0.1, 0.15) is 7.05 Å². The van der Waals surface area contributed by atoms with E-state index in [1.807, 2.05) is 0 Å². The molecule has 0 amide bonds. The van der Waals surface area contributed by atoms with E-state index in [1.54, 1.807) is 0 Å². The molecule has 1 nitrogen and oxygen atoms in total. The molecule has 0 unspecified atom stereocenters. The molecule has 0 aliphatic heterocycles. The Bertz CT molecular complexity index is 1270. The largest absolute Gasteiger partial charge is 0.212 e. The number of aryl methyl sites for hydroxylation is 1. The maximum Gasteiger partial charge on any atom is 0.212 e. The highest BCUT2D eigenvalue weighted by Gasteiger charge is 2.18. The first-order chi connectivity index (χ1) is 16.2. The summed E-state index contributed by atoms with van der Waals surface area (Å²) in [6, 6.07) is 30.8. The van der Waals surface area contributed by atoms with Gasteiger partial charge in [-0.2, -0.15) is 0 Å². The zero-order chi connectivity index (χ0) is 24.3. The molecule has 1 heterocycles. The van der Waals surface area contributed by atoms with Crippen molar-refractivity contribution in [3.8, 4) is 22.4 Å². The smallest absolute Gasteiger partial charge is 0.200 e. The molecule has 4 rings (SSSR count). The van der Waals surface area contributed by atoms with Gasteiger partial charge in [0, 0.05) is 11.6 Å². The average molecular weight is 447 g/mol. The lowest BCUT2D eigenvalue weighted by atomic mass is 9.86. The molecule has 0 fully saturated rings. The van der Waals surface area contributed by atoms with Gasteiger partial charge < -0.3 is 0 Å². The molecule has 0 bridgehead atoms. The number of hydrogen-bond acceptors (Lipinski definition) is 0. The van der Waals surface area contributed by atoms with Crippen molar-refractivity contribution < 1.29 is 4.57 Å². The van der Waals surface area contributed by atoms with E-state index in [2.05, 4.69) is 150 Å². The van der Waals surface area contributed by atoms with Crippen LogP contribution in [-0.2, 0) is 12.5 Å². The summed E-state index contributed by atoms with van der Waals surface area (Å²) in [6.07, 6.45) is 6.72. The third-order valence-corrected chi connectivity index (χ3v) is 6.50. The molecule has 0 saturated heterocycles. The van der Waals surface area contributed by atoms with Gasteiger partial charge >= 0.3 is 0 Å². The Balaban J connectivity index is 1.77. The van der Waals surface area contributed by atoms with Crippen LogP contribution in [0.4, 0.5) is 0 Å². The first-order valence-electron chi connectivity index (χ1n) is 12.2. The van der Waals surface area contributed by atoms with E-state index in [1.165, 1.54) is 44.6 Å². The number of pyridine rings is 1. The van der Waals surface area contributed by atoms with Crippen molar-refractivity contribution in [2.45, 2.75) is 46.0 Å². The van der Waals surface area contributed by atoms with Gasteiger partial charge in [-0.3, -0.25) is 0 Å². The van der Waals surface area contributed by atoms with Crippen molar-refractivity contribution in [1.29, 1.82) is 0 Å². The van der Waals surface area contributed by atoms with Crippen molar-refractivity contribution in [3.05, 3.63) is 113 Å². The van der Waals surface area contributed by atoms with Crippen LogP contribution >= 0.6 is 0 Å². The highest BCUT2D eigenvalue weighted by atomic mass is 14.9. The second-order valence-electron chi connectivity index (χ2n) is 10.5. The summed E-state index contributed by atoms with van der Waals surface area (Å²) < 4.78 is 2.24. The molecule has 0 atom stereocenters. The number of nitrogens with zero attached hydrogens (tertiary/aromatic N) is 1. The Hall–Kier alpha value is -3.45. The monoisotopic (exact) mass is 446 g/mol. The number of hydrogen-bond donors (Lipinski definition) is 0. The minimum Gasteiger partial charge on any atom is -0.200 e. The van der Waals surface area contributed by atoms with Crippen LogP contribution in [0.5, 0.6) is 0 Å². The van der Waals surface area contributed by atoms with E-state index in [-0.39, 0.29) is 5.41 Å². The Morgan fingerprint density at radius 1 is 0.735 bits per heavy atom. The lowest BCUT2D eigenvalue weighted by Gasteiger charge is -2.19. The molecule has 0 saturated carbocycles. The number of benzene rings is 3. The van der Waals surface area contributed by atoms with Gasteiger partial charge in [0.15, 0.2) is 6.20 Å². The minimum absolute atomic E-state index is 0.150. The second-order valence-corrected chi connectivity index (χ2v) is 10.5. The molecule has 0 aliphatic carbocycles. The summed E-state index contributed by atoms with van der Waals surface area (Å²) in [5.41, 5.74) is 10.2. The molecule has 0 radical (unpaired) electrons. The summed E-state index contributed by atoms with van der Waals surface area (Å²) in [7, 11) is 2.14. The van der Waals surface area contributed by atoms with E-state index in [4.69, 9.17) is 0 Å². The molecule has 34 heavy (non-hydrogen) atoms. The summed E-state index contributed by atoms with van der Waals surface area (Å²) in [4.78, 5) is 0. The van der Waals surface area contributed by atoms with Crippen LogP contribution in [0.25, 0.3) is 34.5 Å². The third-order valence-electron chi connectivity index (χ3n) is 6.50. The molecular weight excluding hydrogens is 410 g/mol. The van der Waals surface area contributed by atoms with Crippen molar-refractivity contribution in [2.75, 3.05) is 0 Å². The van der Waals surface area contributed by atoms with Gasteiger partial charge in [-0.15, -0.1) is 0 Å². The zero-order valence-corrected chi connectivity index (χ0v) is 21.3. The predicted molar refractivity (Wildman–Crippen MR) is 147 cm³/mol. The van der Waals surface area contributed by atoms with Gasteiger partial charge in [-0.25, -0.2) is 4.57 Å². The van der Waals surface area contributed by atoms with Crippen LogP contribution in [0.15, 0.2) is 91.1 Å². The summed E-state index contributed by atoms with van der Waals surface area (Å²) in [5, 5.41) is 0.